The third-order valence-corrected chi connectivity index (χ3v) is 3.94. The third kappa shape index (κ3) is 2.28. The van der Waals surface area contributed by atoms with Gasteiger partial charge in [0, 0.05) is 49.0 Å². The third-order valence-electron chi connectivity index (χ3n) is 3.94. The predicted octanol–water partition coefficient (Wildman–Crippen LogP) is 2.87. The molecule has 0 bridgehead atoms. The Kier molecular flexibility index (Phi) is 3.23. The number of pyridine rings is 3. The standard InChI is InChI=1S/C18H15N5O/c1-23(2)18(24)16-5-3-11(9-20-16)14-6-4-12-13-10-19-8-7-15(13)22-17(12)21-14/h3-10H,1-2H3,(H,21,22). The molecule has 0 aromatic carbocycles. The van der Waals surface area contributed by atoms with Crippen molar-refractivity contribution in [2.45, 2.75) is 0 Å². The number of carbonyl (C=O) groups excluding carboxylic acids is 1. The molecule has 4 rings (SSSR count). The summed E-state index contributed by atoms with van der Waals surface area (Å²) in [6.07, 6.45) is 5.26. The molecule has 0 spiro atoms. The average molecular weight is 317 g/mol. The van der Waals surface area contributed by atoms with Gasteiger partial charge in [-0.1, -0.05) is 0 Å². The number of aromatic amines is 1. The number of fused-ring (bicyclic) bond motifs is 3. The molecular weight excluding hydrogens is 302 g/mol. The van der Waals surface area contributed by atoms with Crippen LogP contribution in [0.3, 0.4) is 0 Å². The Bertz CT molecular complexity index is 1050. The summed E-state index contributed by atoms with van der Waals surface area (Å²) in [5, 5.41) is 2.09. The van der Waals surface area contributed by atoms with Gasteiger partial charge in [-0.05, 0) is 30.3 Å². The summed E-state index contributed by atoms with van der Waals surface area (Å²) < 4.78 is 0. The number of H-pyrrole nitrogens is 1. The first-order valence-electron chi connectivity index (χ1n) is 7.54. The van der Waals surface area contributed by atoms with Crippen molar-refractivity contribution in [2.24, 2.45) is 0 Å². The second-order valence-corrected chi connectivity index (χ2v) is 5.77. The van der Waals surface area contributed by atoms with Crippen LogP contribution in [0.2, 0.25) is 0 Å². The molecule has 0 fully saturated rings. The van der Waals surface area contributed by atoms with Crippen LogP contribution in [0.5, 0.6) is 0 Å². The molecule has 6 nitrogen and oxygen atoms in total. The summed E-state index contributed by atoms with van der Waals surface area (Å²) in [7, 11) is 3.41. The second-order valence-electron chi connectivity index (χ2n) is 5.77. The van der Waals surface area contributed by atoms with Gasteiger partial charge >= 0.3 is 0 Å². The highest BCUT2D eigenvalue weighted by Crippen LogP contribution is 2.26. The highest BCUT2D eigenvalue weighted by Gasteiger charge is 2.11. The number of rotatable bonds is 2. The number of aromatic nitrogens is 4. The largest absolute Gasteiger partial charge is 0.343 e. The molecule has 0 aliphatic heterocycles. The van der Waals surface area contributed by atoms with Crippen LogP contribution in [-0.2, 0) is 0 Å². The average Bonchev–Trinajstić information content (AvgIpc) is 2.99. The molecule has 0 aliphatic rings. The van der Waals surface area contributed by atoms with E-state index in [1.54, 1.807) is 32.6 Å². The van der Waals surface area contributed by atoms with Crippen LogP contribution in [-0.4, -0.2) is 44.8 Å². The summed E-state index contributed by atoms with van der Waals surface area (Å²) in [6, 6.07) is 9.49. The predicted molar refractivity (Wildman–Crippen MR) is 92.6 cm³/mol. The zero-order valence-corrected chi connectivity index (χ0v) is 13.3. The lowest BCUT2D eigenvalue weighted by atomic mass is 10.1. The Morgan fingerprint density at radius 2 is 1.92 bits per heavy atom. The van der Waals surface area contributed by atoms with Crippen molar-refractivity contribution in [3.05, 3.63) is 54.6 Å². The Morgan fingerprint density at radius 1 is 1.04 bits per heavy atom. The van der Waals surface area contributed by atoms with Crippen LogP contribution in [0, 0.1) is 0 Å². The SMILES string of the molecule is CN(C)C(=O)c1ccc(-c2ccc3c(n2)[nH]c2ccncc23)cn1. The maximum Gasteiger partial charge on any atom is 0.271 e. The fourth-order valence-corrected chi connectivity index (χ4v) is 2.68. The normalized spacial score (nSPS) is 11.1. The van der Waals surface area contributed by atoms with E-state index in [0.717, 1.165) is 33.2 Å². The number of hydrogen-bond acceptors (Lipinski definition) is 4. The van der Waals surface area contributed by atoms with Crippen LogP contribution in [0.1, 0.15) is 10.5 Å². The van der Waals surface area contributed by atoms with E-state index in [4.69, 9.17) is 0 Å². The minimum Gasteiger partial charge on any atom is -0.343 e. The van der Waals surface area contributed by atoms with Crippen molar-refractivity contribution >= 4 is 27.8 Å². The lowest BCUT2D eigenvalue weighted by molar-refractivity contribution is 0.0822. The number of hydrogen-bond donors (Lipinski definition) is 1. The fraction of sp³-hybridized carbons (Fsp3) is 0.111. The van der Waals surface area contributed by atoms with E-state index in [-0.39, 0.29) is 5.91 Å². The molecule has 24 heavy (non-hydrogen) atoms. The molecule has 4 heterocycles. The molecule has 4 aromatic heterocycles. The molecule has 6 heteroatoms. The van der Waals surface area contributed by atoms with Crippen molar-refractivity contribution in [2.75, 3.05) is 14.1 Å². The van der Waals surface area contributed by atoms with E-state index in [1.165, 1.54) is 4.90 Å². The summed E-state index contributed by atoms with van der Waals surface area (Å²) in [5.41, 5.74) is 3.91. The minimum absolute atomic E-state index is 0.118. The van der Waals surface area contributed by atoms with Crippen molar-refractivity contribution < 1.29 is 4.79 Å². The Balaban J connectivity index is 1.76. The summed E-state index contributed by atoms with van der Waals surface area (Å²) in [6.45, 7) is 0. The molecule has 0 aliphatic carbocycles. The van der Waals surface area contributed by atoms with Gasteiger partial charge in [-0.2, -0.15) is 0 Å². The summed E-state index contributed by atoms with van der Waals surface area (Å²) in [5.74, 6) is -0.118. The molecule has 0 atom stereocenters. The van der Waals surface area contributed by atoms with Gasteiger partial charge in [-0.3, -0.25) is 14.8 Å². The summed E-state index contributed by atoms with van der Waals surface area (Å²) in [4.78, 5) is 29.8. The van der Waals surface area contributed by atoms with E-state index in [0.29, 0.717) is 5.69 Å². The van der Waals surface area contributed by atoms with E-state index >= 15 is 0 Å². The Morgan fingerprint density at radius 3 is 2.67 bits per heavy atom. The Hall–Kier alpha value is -3.28. The van der Waals surface area contributed by atoms with Crippen LogP contribution in [0.25, 0.3) is 33.2 Å². The van der Waals surface area contributed by atoms with E-state index in [9.17, 15) is 4.79 Å². The fourth-order valence-electron chi connectivity index (χ4n) is 2.68. The molecule has 118 valence electrons. The van der Waals surface area contributed by atoms with E-state index in [1.807, 2.05) is 30.5 Å². The topological polar surface area (TPSA) is 74.8 Å². The van der Waals surface area contributed by atoms with Gasteiger partial charge in [0.2, 0.25) is 0 Å². The molecule has 1 N–H and O–H groups in total. The summed E-state index contributed by atoms with van der Waals surface area (Å²) >= 11 is 0. The highest BCUT2D eigenvalue weighted by atomic mass is 16.2. The van der Waals surface area contributed by atoms with Gasteiger partial charge < -0.3 is 9.88 Å². The minimum atomic E-state index is -0.118. The van der Waals surface area contributed by atoms with Crippen molar-refractivity contribution in [1.82, 2.24) is 24.8 Å². The molecule has 4 aromatic rings. The highest BCUT2D eigenvalue weighted by molar-refractivity contribution is 6.05. The first-order valence-corrected chi connectivity index (χ1v) is 7.54. The van der Waals surface area contributed by atoms with Crippen molar-refractivity contribution in [1.29, 1.82) is 0 Å². The van der Waals surface area contributed by atoms with Crippen LogP contribution < -0.4 is 0 Å². The second kappa shape index (κ2) is 5.42. The van der Waals surface area contributed by atoms with E-state index in [2.05, 4.69) is 19.9 Å². The zero-order chi connectivity index (χ0) is 16.7. The smallest absolute Gasteiger partial charge is 0.271 e. The van der Waals surface area contributed by atoms with Gasteiger partial charge in [-0.15, -0.1) is 0 Å². The van der Waals surface area contributed by atoms with Gasteiger partial charge in [0.1, 0.15) is 11.3 Å². The van der Waals surface area contributed by atoms with Gasteiger partial charge in [-0.25, -0.2) is 4.98 Å². The molecule has 0 unspecified atom stereocenters. The first-order chi connectivity index (χ1) is 11.6. The molecule has 0 saturated heterocycles. The number of nitrogens with zero attached hydrogens (tertiary/aromatic N) is 4. The molecule has 0 saturated carbocycles. The van der Waals surface area contributed by atoms with Crippen molar-refractivity contribution in [3.8, 4) is 11.3 Å². The molecule has 1 amide bonds. The lowest BCUT2D eigenvalue weighted by Gasteiger charge is -2.09. The molecule has 0 radical (unpaired) electrons. The van der Waals surface area contributed by atoms with Crippen LogP contribution in [0.15, 0.2) is 48.9 Å². The number of carbonyl (C=O) groups is 1. The lowest BCUT2D eigenvalue weighted by Crippen LogP contribution is -2.22. The van der Waals surface area contributed by atoms with Gasteiger partial charge in [0.15, 0.2) is 0 Å². The Labute approximate surface area is 138 Å². The first kappa shape index (κ1) is 14.3. The van der Waals surface area contributed by atoms with Gasteiger partial charge in [0.05, 0.1) is 11.2 Å². The maximum atomic E-state index is 11.9. The quantitative estimate of drug-likeness (QED) is 0.617. The number of nitrogens with one attached hydrogen (secondary N) is 1. The van der Waals surface area contributed by atoms with Gasteiger partial charge in [0.25, 0.3) is 5.91 Å². The zero-order valence-electron chi connectivity index (χ0n) is 13.3. The monoisotopic (exact) mass is 317 g/mol. The van der Waals surface area contributed by atoms with Crippen LogP contribution >= 0.6 is 0 Å². The maximum absolute atomic E-state index is 11.9. The van der Waals surface area contributed by atoms with E-state index < -0.39 is 0 Å². The molecular formula is C18H15N5O. The number of amides is 1. The van der Waals surface area contributed by atoms with Crippen LogP contribution in [0.4, 0.5) is 0 Å². The van der Waals surface area contributed by atoms with Crippen molar-refractivity contribution in [3.63, 3.8) is 0 Å².